The molecule has 3 nitrogen and oxygen atoms in total. The maximum atomic E-state index is 13.4. The minimum Gasteiger partial charge on any atom is -0.393 e. The van der Waals surface area contributed by atoms with Crippen molar-refractivity contribution in [1.82, 2.24) is 0 Å². The molecule has 30 heavy (non-hydrogen) atoms. The number of benzene rings is 3. The van der Waals surface area contributed by atoms with Gasteiger partial charge in [0.05, 0.1) is 6.10 Å². The molecule has 3 rings (SSSR count). The molecule has 0 amide bonds. The minimum atomic E-state index is -2.70. The summed E-state index contributed by atoms with van der Waals surface area (Å²) in [6.45, 7) is -0.730. The summed E-state index contributed by atoms with van der Waals surface area (Å²) in [5.41, 5.74) is 0. The first kappa shape index (κ1) is 21.8. The van der Waals surface area contributed by atoms with Gasteiger partial charge in [-0.1, -0.05) is 104 Å². The minimum absolute atomic E-state index is 0.0367. The molecule has 0 aromatic heterocycles. The van der Waals surface area contributed by atoms with Crippen molar-refractivity contribution in [2.45, 2.75) is 32.3 Å². The molecule has 1 atom stereocenters. The van der Waals surface area contributed by atoms with E-state index in [2.05, 4.69) is 6.07 Å². The average molecular weight is 415 g/mol. The first-order valence-corrected chi connectivity index (χ1v) is 12.0. The van der Waals surface area contributed by atoms with Crippen LogP contribution in [0.15, 0.2) is 91.0 Å². The second kappa shape index (κ2) is 10.2. The van der Waals surface area contributed by atoms with Crippen LogP contribution in [0.3, 0.4) is 0 Å². The number of carbonyl (C=O) groups excluding carboxylic acids is 1. The summed E-state index contributed by atoms with van der Waals surface area (Å²) >= 11 is 0. The Morgan fingerprint density at radius 3 is 1.60 bits per heavy atom. The smallest absolute Gasteiger partial charge is 0.176 e. The summed E-state index contributed by atoms with van der Waals surface area (Å²) < 4.78 is 0. The maximum Gasteiger partial charge on any atom is 0.176 e. The van der Waals surface area contributed by atoms with Crippen molar-refractivity contribution >= 4 is 33.9 Å². The Hall–Kier alpha value is -2.92. The van der Waals surface area contributed by atoms with E-state index in [0.717, 1.165) is 22.3 Å². The summed E-state index contributed by atoms with van der Waals surface area (Å²) in [4.78, 5) is 13.4. The Morgan fingerprint density at radius 2 is 1.27 bits per heavy atom. The van der Waals surface area contributed by atoms with Gasteiger partial charge in [-0.05, 0) is 29.2 Å². The number of aliphatic hydroxyl groups is 1. The Kier molecular flexibility index (Phi) is 7.41. The topological polar surface area (TPSA) is 61.1 Å². The standard InChI is InChI=1S/C26H26NO2P/c1-2-12-21(28)19-25(29)26(20-27)30(22-13-6-3-7-14-22,23-15-8-4-9-16-23)24-17-10-5-11-18-24/h3-11,13-18,21,28H,2,12,19H2,1H3. The highest BCUT2D eigenvalue weighted by Gasteiger charge is 2.33. The van der Waals surface area contributed by atoms with Crippen molar-refractivity contribution in [3.05, 3.63) is 91.0 Å². The number of Topliss-reactive ketones (excluding diaryl/α,β-unsaturated/α-hetero) is 1. The Labute approximate surface area is 178 Å². The fourth-order valence-electron chi connectivity index (χ4n) is 3.86. The quantitative estimate of drug-likeness (QED) is 0.570. The Morgan fingerprint density at radius 1 is 0.867 bits per heavy atom. The van der Waals surface area contributed by atoms with Crippen molar-refractivity contribution < 1.29 is 9.90 Å². The molecule has 1 unspecified atom stereocenters. The van der Waals surface area contributed by atoms with E-state index in [0.29, 0.717) is 6.42 Å². The van der Waals surface area contributed by atoms with Crippen LogP contribution in [0.2, 0.25) is 0 Å². The number of hydrogen-bond donors (Lipinski definition) is 1. The lowest BCUT2D eigenvalue weighted by Gasteiger charge is -2.30. The third-order valence-electron chi connectivity index (χ3n) is 5.18. The fourth-order valence-corrected chi connectivity index (χ4v) is 8.00. The molecule has 4 heteroatoms. The highest BCUT2D eigenvalue weighted by Crippen LogP contribution is 2.46. The molecule has 0 heterocycles. The molecule has 0 aliphatic heterocycles. The number of ketones is 1. The third kappa shape index (κ3) is 4.31. The first-order valence-electron chi connectivity index (χ1n) is 10.2. The number of hydrogen-bond acceptors (Lipinski definition) is 3. The molecule has 3 aromatic carbocycles. The molecule has 152 valence electrons. The molecule has 0 aliphatic carbocycles. The van der Waals surface area contributed by atoms with Crippen LogP contribution in [0, 0.1) is 11.3 Å². The molecular weight excluding hydrogens is 389 g/mol. The molecule has 0 radical (unpaired) electrons. The summed E-state index contributed by atoms with van der Waals surface area (Å²) in [6, 6.07) is 31.8. The van der Waals surface area contributed by atoms with Gasteiger partial charge in [-0.25, -0.2) is 0 Å². The van der Waals surface area contributed by atoms with Gasteiger partial charge in [0.2, 0.25) is 0 Å². The van der Waals surface area contributed by atoms with Crippen molar-refractivity contribution in [2.75, 3.05) is 0 Å². The summed E-state index contributed by atoms with van der Waals surface area (Å²) in [5, 5.41) is 23.7. The number of carbonyl (C=O) groups is 1. The molecule has 0 fully saturated rings. The van der Waals surface area contributed by atoms with Gasteiger partial charge in [-0.3, -0.25) is 4.79 Å². The molecule has 0 saturated heterocycles. The van der Waals surface area contributed by atoms with Crippen LogP contribution in [0.1, 0.15) is 26.2 Å². The number of aliphatic hydroxyl groups excluding tert-OH is 1. The van der Waals surface area contributed by atoms with E-state index in [4.69, 9.17) is 0 Å². The lowest BCUT2D eigenvalue weighted by molar-refractivity contribution is -0.114. The van der Waals surface area contributed by atoms with Crippen LogP contribution in [-0.2, 0) is 4.79 Å². The second-order valence-electron chi connectivity index (χ2n) is 7.21. The lowest BCUT2D eigenvalue weighted by atomic mass is 10.1. The predicted molar refractivity (Wildman–Crippen MR) is 126 cm³/mol. The van der Waals surface area contributed by atoms with Gasteiger partial charge < -0.3 is 5.11 Å². The van der Waals surface area contributed by atoms with Crippen molar-refractivity contribution in [2.24, 2.45) is 0 Å². The van der Waals surface area contributed by atoms with Crippen LogP contribution in [0.5, 0.6) is 0 Å². The zero-order chi connectivity index (χ0) is 21.4. The van der Waals surface area contributed by atoms with Crippen molar-refractivity contribution in [3.8, 4) is 6.07 Å². The lowest BCUT2D eigenvalue weighted by Crippen LogP contribution is -2.34. The predicted octanol–water partition coefficient (Wildman–Crippen LogP) is 3.80. The highest BCUT2D eigenvalue weighted by atomic mass is 31.2. The zero-order valence-corrected chi connectivity index (χ0v) is 18.0. The molecule has 1 N–H and O–H groups in total. The molecule has 3 aromatic rings. The van der Waals surface area contributed by atoms with Gasteiger partial charge in [0.25, 0.3) is 0 Å². The summed E-state index contributed by atoms with van der Waals surface area (Å²) in [6.07, 6.45) is 0.547. The largest absolute Gasteiger partial charge is 0.393 e. The average Bonchev–Trinajstić information content (AvgIpc) is 2.79. The summed E-state index contributed by atoms with van der Waals surface area (Å²) in [5.74, 6) is -0.275. The van der Waals surface area contributed by atoms with E-state index in [1.807, 2.05) is 97.9 Å². The van der Waals surface area contributed by atoms with Crippen LogP contribution >= 0.6 is 6.89 Å². The molecule has 0 saturated carbocycles. The number of rotatable bonds is 8. The number of nitrogens with zero attached hydrogens (tertiary/aromatic N) is 1. The Balaban J connectivity index is 2.43. The van der Waals surface area contributed by atoms with Gasteiger partial charge in [-0.2, -0.15) is 5.26 Å². The van der Waals surface area contributed by atoms with Gasteiger partial charge in [-0.15, -0.1) is 0 Å². The van der Waals surface area contributed by atoms with Gasteiger partial charge in [0.15, 0.2) is 5.78 Å². The third-order valence-corrected chi connectivity index (χ3v) is 9.42. The van der Waals surface area contributed by atoms with Crippen LogP contribution in [0.4, 0.5) is 0 Å². The van der Waals surface area contributed by atoms with E-state index in [-0.39, 0.29) is 17.5 Å². The van der Waals surface area contributed by atoms with Gasteiger partial charge in [0.1, 0.15) is 11.4 Å². The Bertz CT molecular complexity index is 967. The summed E-state index contributed by atoms with van der Waals surface area (Å²) in [7, 11) is 0. The first-order chi connectivity index (χ1) is 14.6. The van der Waals surface area contributed by atoms with E-state index in [1.54, 1.807) is 0 Å². The molecule has 0 spiro atoms. The molecular formula is C26H26NO2P. The molecule has 0 aliphatic rings. The van der Waals surface area contributed by atoms with E-state index < -0.39 is 13.0 Å². The SMILES string of the molecule is CCCC(O)CC(=O)C(C#N)=P(c1ccccc1)(c1ccccc1)c1ccccc1. The van der Waals surface area contributed by atoms with Gasteiger partial charge in [0, 0.05) is 6.42 Å². The fraction of sp³-hybridized carbons (Fsp3) is 0.192. The van der Waals surface area contributed by atoms with Crippen LogP contribution < -0.4 is 15.9 Å². The van der Waals surface area contributed by atoms with Gasteiger partial charge >= 0.3 is 0 Å². The molecule has 0 bridgehead atoms. The van der Waals surface area contributed by atoms with E-state index >= 15 is 0 Å². The van der Waals surface area contributed by atoms with E-state index in [1.165, 1.54) is 0 Å². The normalized spacial score (nSPS) is 12.0. The number of nitriles is 1. The van der Waals surface area contributed by atoms with Crippen molar-refractivity contribution in [3.63, 3.8) is 0 Å². The van der Waals surface area contributed by atoms with Crippen LogP contribution in [0.25, 0.3) is 0 Å². The van der Waals surface area contributed by atoms with Crippen molar-refractivity contribution in [1.29, 1.82) is 5.26 Å². The highest BCUT2D eigenvalue weighted by molar-refractivity contribution is 7.96. The maximum absolute atomic E-state index is 13.4. The second-order valence-corrected chi connectivity index (χ2v) is 10.5. The van der Waals surface area contributed by atoms with E-state index in [9.17, 15) is 15.2 Å². The zero-order valence-electron chi connectivity index (χ0n) is 17.1. The monoisotopic (exact) mass is 415 g/mol. The van der Waals surface area contributed by atoms with Crippen LogP contribution in [-0.4, -0.2) is 22.3 Å².